The third kappa shape index (κ3) is 3.65. The van der Waals surface area contributed by atoms with Gasteiger partial charge in [-0.15, -0.1) is 0 Å². The fourth-order valence-electron chi connectivity index (χ4n) is 2.48. The van der Waals surface area contributed by atoms with Gasteiger partial charge < -0.3 is 25.2 Å². The highest BCUT2D eigenvalue weighted by Crippen LogP contribution is 2.23. The van der Waals surface area contributed by atoms with E-state index in [4.69, 9.17) is 9.47 Å². The van der Waals surface area contributed by atoms with Gasteiger partial charge in [0.15, 0.2) is 0 Å². The van der Waals surface area contributed by atoms with E-state index in [-0.39, 0.29) is 24.2 Å². The molecule has 0 aliphatic carbocycles. The average Bonchev–Trinajstić information content (AvgIpc) is 2.35. The Kier molecular flexibility index (Phi) is 4.94. The summed E-state index contributed by atoms with van der Waals surface area (Å²) in [6, 6.07) is 0.209. The fraction of sp³-hybridized carbons (Fsp3) is 0.917. The predicted molar refractivity (Wildman–Crippen MR) is 65.2 cm³/mol. The van der Waals surface area contributed by atoms with E-state index in [0.717, 1.165) is 12.8 Å². The third-order valence-corrected chi connectivity index (χ3v) is 3.52. The Morgan fingerprint density at radius 2 is 2.28 bits per heavy atom. The van der Waals surface area contributed by atoms with Gasteiger partial charge in [-0.1, -0.05) is 0 Å². The Hall–Kier alpha value is -0.690. The number of hydrogen-bond acceptors (Lipinski definition) is 5. The molecule has 0 bridgehead atoms. The molecule has 2 saturated heterocycles. The molecule has 3 N–H and O–H groups in total. The summed E-state index contributed by atoms with van der Waals surface area (Å²) in [4.78, 5) is 11.3. The van der Waals surface area contributed by atoms with Gasteiger partial charge in [0.05, 0.1) is 37.9 Å². The molecule has 2 aliphatic heterocycles. The fourth-order valence-corrected chi connectivity index (χ4v) is 2.48. The SMILES string of the molecule is CNC(=O)C[C@H]1CC[C@@H]2NC[C@H](O)COC[C@H]2O1. The number of amides is 1. The molecule has 6 heteroatoms. The highest BCUT2D eigenvalue weighted by Gasteiger charge is 2.33. The molecule has 1 amide bonds. The molecule has 104 valence electrons. The van der Waals surface area contributed by atoms with Crippen molar-refractivity contribution in [3.05, 3.63) is 0 Å². The normalized spacial score (nSPS) is 37.2. The van der Waals surface area contributed by atoms with Crippen LogP contribution in [0.1, 0.15) is 19.3 Å². The monoisotopic (exact) mass is 258 g/mol. The molecule has 18 heavy (non-hydrogen) atoms. The number of rotatable bonds is 2. The van der Waals surface area contributed by atoms with Gasteiger partial charge in [0.2, 0.25) is 5.91 Å². The molecule has 4 atom stereocenters. The van der Waals surface area contributed by atoms with Crippen molar-refractivity contribution < 1.29 is 19.4 Å². The summed E-state index contributed by atoms with van der Waals surface area (Å²) in [6.45, 7) is 1.34. The molecule has 2 fully saturated rings. The number of ether oxygens (including phenoxy) is 2. The van der Waals surface area contributed by atoms with Crippen LogP contribution in [0.4, 0.5) is 0 Å². The van der Waals surface area contributed by atoms with Gasteiger partial charge in [-0.2, -0.15) is 0 Å². The van der Waals surface area contributed by atoms with Gasteiger partial charge in [-0.3, -0.25) is 4.79 Å². The van der Waals surface area contributed by atoms with E-state index in [9.17, 15) is 9.90 Å². The van der Waals surface area contributed by atoms with E-state index >= 15 is 0 Å². The zero-order valence-electron chi connectivity index (χ0n) is 10.7. The van der Waals surface area contributed by atoms with Crippen molar-refractivity contribution in [3.63, 3.8) is 0 Å². The molecule has 6 nitrogen and oxygen atoms in total. The summed E-state index contributed by atoms with van der Waals surface area (Å²) in [5.41, 5.74) is 0. The largest absolute Gasteiger partial charge is 0.389 e. The van der Waals surface area contributed by atoms with E-state index in [1.54, 1.807) is 7.05 Å². The first-order valence-electron chi connectivity index (χ1n) is 6.54. The topological polar surface area (TPSA) is 79.8 Å². The second-order valence-corrected chi connectivity index (χ2v) is 4.96. The summed E-state index contributed by atoms with van der Waals surface area (Å²) in [5.74, 6) is 0.00796. The lowest BCUT2D eigenvalue weighted by atomic mass is 9.96. The molecule has 2 aliphatic rings. The Morgan fingerprint density at radius 3 is 3.06 bits per heavy atom. The number of fused-ring (bicyclic) bond motifs is 1. The number of aliphatic hydroxyl groups excluding tert-OH is 1. The second-order valence-electron chi connectivity index (χ2n) is 4.96. The van der Waals surface area contributed by atoms with Crippen molar-refractivity contribution in [1.29, 1.82) is 0 Å². The first-order chi connectivity index (χ1) is 8.69. The molecule has 2 heterocycles. The smallest absolute Gasteiger partial charge is 0.222 e. The maximum Gasteiger partial charge on any atom is 0.222 e. The molecule has 0 unspecified atom stereocenters. The summed E-state index contributed by atoms with van der Waals surface area (Å²) in [6.07, 6.45) is 1.71. The molecule has 0 aromatic heterocycles. The first-order valence-corrected chi connectivity index (χ1v) is 6.54. The van der Waals surface area contributed by atoms with Crippen molar-refractivity contribution in [1.82, 2.24) is 10.6 Å². The van der Waals surface area contributed by atoms with Crippen LogP contribution in [0.25, 0.3) is 0 Å². The van der Waals surface area contributed by atoms with Crippen molar-refractivity contribution >= 4 is 5.91 Å². The Balaban J connectivity index is 1.85. The number of carbonyl (C=O) groups excluding carboxylic acids is 1. The average molecular weight is 258 g/mol. The molecule has 0 spiro atoms. The minimum absolute atomic E-state index is 0.00796. The van der Waals surface area contributed by atoms with Crippen molar-refractivity contribution in [2.75, 3.05) is 26.8 Å². The van der Waals surface area contributed by atoms with Gasteiger partial charge in [-0.05, 0) is 12.8 Å². The number of nitrogens with one attached hydrogen (secondary N) is 2. The van der Waals surface area contributed by atoms with Crippen LogP contribution in [0.15, 0.2) is 0 Å². The van der Waals surface area contributed by atoms with E-state index in [1.807, 2.05) is 0 Å². The molecular weight excluding hydrogens is 236 g/mol. The number of aliphatic hydroxyl groups is 1. The third-order valence-electron chi connectivity index (χ3n) is 3.52. The van der Waals surface area contributed by atoms with Crippen LogP contribution in [0, 0.1) is 0 Å². The van der Waals surface area contributed by atoms with Gasteiger partial charge >= 0.3 is 0 Å². The minimum atomic E-state index is -0.449. The predicted octanol–water partition coefficient (Wildman–Crippen LogP) is -0.981. The number of carbonyl (C=O) groups is 1. The van der Waals surface area contributed by atoms with E-state index < -0.39 is 6.10 Å². The van der Waals surface area contributed by atoms with Crippen molar-refractivity contribution in [2.24, 2.45) is 0 Å². The second kappa shape index (κ2) is 6.47. The summed E-state index contributed by atoms with van der Waals surface area (Å²) >= 11 is 0. The van der Waals surface area contributed by atoms with Crippen LogP contribution in [0.3, 0.4) is 0 Å². The molecule has 0 radical (unpaired) electrons. The Labute approximate surface area is 107 Å². The van der Waals surface area contributed by atoms with E-state index in [0.29, 0.717) is 26.2 Å². The molecular formula is C12H22N2O4. The first kappa shape index (κ1) is 13.7. The molecule has 0 saturated carbocycles. The molecule has 0 aromatic rings. The van der Waals surface area contributed by atoms with Crippen LogP contribution in [0.2, 0.25) is 0 Å². The zero-order valence-corrected chi connectivity index (χ0v) is 10.7. The van der Waals surface area contributed by atoms with Crippen LogP contribution in [-0.2, 0) is 14.3 Å². The minimum Gasteiger partial charge on any atom is -0.389 e. The van der Waals surface area contributed by atoms with Gasteiger partial charge in [-0.25, -0.2) is 0 Å². The Morgan fingerprint density at radius 1 is 1.44 bits per heavy atom. The lowest BCUT2D eigenvalue weighted by Gasteiger charge is -2.38. The highest BCUT2D eigenvalue weighted by atomic mass is 16.5. The summed E-state index contributed by atoms with van der Waals surface area (Å²) in [5, 5.41) is 15.4. The van der Waals surface area contributed by atoms with Gasteiger partial charge in [0, 0.05) is 19.6 Å². The maximum atomic E-state index is 11.3. The molecule has 0 aromatic carbocycles. The number of hydrogen-bond donors (Lipinski definition) is 3. The Bertz CT molecular complexity index is 287. The quantitative estimate of drug-likeness (QED) is 0.593. The van der Waals surface area contributed by atoms with Crippen LogP contribution >= 0.6 is 0 Å². The van der Waals surface area contributed by atoms with Crippen molar-refractivity contribution in [2.45, 2.75) is 43.6 Å². The van der Waals surface area contributed by atoms with Gasteiger partial charge in [0.1, 0.15) is 0 Å². The van der Waals surface area contributed by atoms with E-state index in [1.165, 1.54) is 0 Å². The lowest BCUT2D eigenvalue weighted by Crippen LogP contribution is -2.53. The maximum absolute atomic E-state index is 11.3. The summed E-state index contributed by atoms with van der Waals surface area (Å²) < 4.78 is 11.3. The van der Waals surface area contributed by atoms with Crippen LogP contribution in [0.5, 0.6) is 0 Å². The highest BCUT2D eigenvalue weighted by molar-refractivity contribution is 5.76. The van der Waals surface area contributed by atoms with E-state index in [2.05, 4.69) is 10.6 Å². The van der Waals surface area contributed by atoms with Gasteiger partial charge in [0.25, 0.3) is 0 Å². The zero-order chi connectivity index (χ0) is 13.0. The lowest BCUT2D eigenvalue weighted by molar-refractivity contribution is -0.137. The van der Waals surface area contributed by atoms with Crippen LogP contribution < -0.4 is 10.6 Å². The molecule has 2 rings (SSSR count). The van der Waals surface area contributed by atoms with Crippen molar-refractivity contribution in [3.8, 4) is 0 Å². The van der Waals surface area contributed by atoms with Crippen LogP contribution in [-0.4, -0.2) is 62.2 Å². The number of β-amino-alcohol motifs (C(OH)–C–C–N with tert-alkyl or cyclic N) is 1. The standard InChI is InChI=1S/C12H22N2O4/c1-13-12(16)4-9-2-3-10-11(18-9)7-17-6-8(15)5-14-10/h8-11,14-15H,2-7H2,1H3,(H,13,16)/t8-,9+,10-,11+/m0/s1. The summed E-state index contributed by atoms with van der Waals surface area (Å²) in [7, 11) is 1.63.